The monoisotopic (exact) mass is 375 g/mol. The molecule has 1 heterocycles. The number of nitrogens with two attached hydrogens (primary N) is 2. The van der Waals surface area contributed by atoms with Gasteiger partial charge in [-0.05, 0) is 48.0 Å². The zero-order valence-corrected chi connectivity index (χ0v) is 15.1. The molecule has 6 N–H and O–H groups in total. The van der Waals surface area contributed by atoms with Crippen molar-refractivity contribution >= 4 is 23.1 Å². The minimum absolute atomic E-state index is 0.330. The first-order valence-electron chi connectivity index (χ1n) is 8.93. The van der Waals surface area contributed by atoms with Crippen LogP contribution in [0.25, 0.3) is 0 Å². The van der Waals surface area contributed by atoms with Crippen LogP contribution in [-0.4, -0.2) is 6.03 Å². The molecule has 0 fully saturated rings. The van der Waals surface area contributed by atoms with E-state index in [1.165, 1.54) is 0 Å². The molecule has 0 saturated carbocycles. The predicted molar refractivity (Wildman–Crippen MR) is 110 cm³/mol. The summed E-state index contributed by atoms with van der Waals surface area (Å²) in [6, 6.07) is 22.0. The third-order valence-electron chi connectivity index (χ3n) is 4.49. The van der Waals surface area contributed by atoms with Crippen molar-refractivity contribution in [3.8, 4) is 5.75 Å². The smallest absolute Gasteiger partial charge is 0.323 e. The molecular formula is C21H21N5O2. The van der Waals surface area contributed by atoms with Gasteiger partial charge in [-0.25, -0.2) is 4.79 Å². The van der Waals surface area contributed by atoms with Gasteiger partial charge in [-0.1, -0.05) is 30.3 Å². The maximum absolute atomic E-state index is 12.2. The van der Waals surface area contributed by atoms with Crippen LogP contribution in [0.4, 0.5) is 21.9 Å². The Hall–Kier alpha value is -3.55. The second-order valence-corrected chi connectivity index (χ2v) is 6.43. The van der Waals surface area contributed by atoms with E-state index in [1.54, 1.807) is 17.2 Å². The van der Waals surface area contributed by atoms with E-state index in [0.29, 0.717) is 17.9 Å². The number of anilines is 3. The minimum Gasteiger partial charge on any atom is -0.377 e. The van der Waals surface area contributed by atoms with E-state index >= 15 is 0 Å². The third-order valence-corrected chi connectivity index (χ3v) is 4.49. The average molecular weight is 375 g/mol. The van der Waals surface area contributed by atoms with Gasteiger partial charge in [0, 0.05) is 23.5 Å². The molecule has 1 atom stereocenters. The predicted octanol–water partition coefficient (Wildman–Crippen LogP) is 3.56. The molecule has 3 aromatic carbocycles. The zero-order chi connectivity index (χ0) is 19.5. The van der Waals surface area contributed by atoms with E-state index in [4.69, 9.17) is 16.3 Å². The van der Waals surface area contributed by atoms with Crippen molar-refractivity contribution in [3.05, 3.63) is 83.9 Å². The SMILES string of the molecule is NCc1cccc(NC(=O)Nc2ccc(N3Oc4ccccc4C3N)cc2)c1. The zero-order valence-electron chi connectivity index (χ0n) is 15.1. The largest absolute Gasteiger partial charge is 0.377 e. The second-order valence-electron chi connectivity index (χ2n) is 6.43. The van der Waals surface area contributed by atoms with Crippen LogP contribution in [0.3, 0.4) is 0 Å². The maximum atomic E-state index is 12.2. The Balaban J connectivity index is 1.40. The molecule has 28 heavy (non-hydrogen) atoms. The third kappa shape index (κ3) is 3.62. The number of benzene rings is 3. The van der Waals surface area contributed by atoms with Gasteiger partial charge < -0.3 is 26.9 Å². The number of para-hydroxylation sites is 1. The molecule has 0 bridgehead atoms. The molecule has 3 aromatic rings. The molecule has 4 rings (SSSR count). The summed E-state index contributed by atoms with van der Waals surface area (Å²) in [5.41, 5.74) is 15.9. The lowest BCUT2D eigenvalue weighted by atomic mass is 10.1. The van der Waals surface area contributed by atoms with E-state index in [9.17, 15) is 4.79 Å². The summed E-state index contributed by atoms with van der Waals surface area (Å²) in [4.78, 5) is 18.0. The van der Waals surface area contributed by atoms with Gasteiger partial charge in [0.1, 0.15) is 6.17 Å². The van der Waals surface area contributed by atoms with Gasteiger partial charge in [-0.3, -0.25) is 0 Å². The van der Waals surface area contributed by atoms with Crippen LogP contribution in [0.5, 0.6) is 5.75 Å². The number of fused-ring (bicyclic) bond motifs is 1. The fourth-order valence-corrected chi connectivity index (χ4v) is 3.07. The minimum atomic E-state index is -0.381. The van der Waals surface area contributed by atoms with Gasteiger partial charge in [-0.2, -0.15) is 5.06 Å². The Labute approximate surface area is 162 Å². The Morgan fingerprint density at radius 3 is 2.46 bits per heavy atom. The van der Waals surface area contributed by atoms with Crippen molar-refractivity contribution in [2.75, 3.05) is 15.7 Å². The van der Waals surface area contributed by atoms with Crippen LogP contribution in [-0.2, 0) is 6.54 Å². The van der Waals surface area contributed by atoms with Crippen molar-refractivity contribution in [1.29, 1.82) is 0 Å². The summed E-state index contributed by atoms with van der Waals surface area (Å²) in [5.74, 6) is 0.747. The summed E-state index contributed by atoms with van der Waals surface area (Å²) in [5, 5.41) is 7.24. The number of nitrogens with zero attached hydrogens (tertiary/aromatic N) is 1. The van der Waals surface area contributed by atoms with Crippen molar-refractivity contribution in [1.82, 2.24) is 0 Å². The number of rotatable bonds is 4. The Morgan fingerprint density at radius 1 is 0.964 bits per heavy atom. The van der Waals surface area contributed by atoms with E-state index in [0.717, 1.165) is 22.6 Å². The van der Waals surface area contributed by atoms with Crippen LogP contribution in [0.1, 0.15) is 17.3 Å². The first-order valence-corrected chi connectivity index (χ1v) is 8.93. The number of amides is 2. The quantitative estimate of drug-likeness (QED) is 0.558. The molecule has 0 aliphatic carbocycles. The molecule has 7 heteroatoms. The highest BCUT2D eigenvalue weighted by atomic mass is 16.7. The molecule has 0 spiro atoms. The molecule has 1 aliphatic rings. The Bertz CT molecular complexity index is 990. The fraction of sp³-hybridized carbons (Fsp3) is 0.0952. The second kappa shape index (κ2) is 7.59. The number of carbonyl (C=O) groups excluding carboxylic acids is 1. The maximum Gasteiger partial charge on any atom is 0.323 e. The molecule has 0 aromatic heterocycles. The van der Waals surface area contributed by atoms with E-state index < -0.39 is 0 Å². The molecule has 1 unspecified atom stereocenters. The number of hydroxylamine groups is 1. The van der Waals surface area contributed by atoms with Crippen LogP contribution in [0.2, 0.25) is 0 Å². The van der Waals surface area contributed by atoms with Crippen molar-refractivity contribution in [2.24, 2.45) is 11.5 Å². The molecule has 142 valence electrons. The van der Waals surface area contributed by atoms with Gasteiger partial charge in [0.15, 0.2) is 5.75 Å². The Morgan fingerprint density at radius 2 is 1.71 bits per heavy atom. The standard InChI is InChI=1S/C21H21N5O2/c22-13-14-4-3-5-16(12-14)25-21(27)24-15-8-10-17(11-9-15)26-20(23)18-6-1-2-7-19(18)28-26/h1-12,20H,13,22-23H2,(H2,24,25,27). The van der Waals surface area contributed by atoms with E-state index in [1.807, 2.05) is 60.7 Å². The van der Waals surface area contributed by atoms with Gasteiger partial charge in [-0.15, -0.1) is 0 Å². The summed E-state index contributed by atoms with van der Waals surface area (Å²) < 4.78 is 0. The summed E-state index contributed by atoms with van der Waals surface area (Å²) in [7, 11) is 0. The van der Waals surface area contributed by atoms with Crippen LogP contribution in [0.15, 0.2) is 72.8 Å². The summed E-state index contributed by atoms with van der Waals surface area (Å²) in [6.07, 6.45) is -0.381. The number of urea groups is 1. The van der Waals surface area contributed by atoms with Gasteiger partial charge >= 0.3 is 6.03 Å². The van der Waals surface area contributed by atoms with Crippen molar-refractivity contribution in [2.45, 2.75) is 12.7 Å². The van der Waals surface area contributed by atoms with E-state index in [-0.39, 0.29) is 12.2 Å². The van der Waals surface area contributed by atoms with E-state index in [2.05, 4.69) is 10.6 Å². The summed E-state index contributed by atoms with van der Waals surface area (Å²) in [6.45, 7) is 0.420. The molecule has 2 amide bonds. The molecular weight excluding hydrogens is 354 g/mol. The van der Waals surface area contributed by atoms with Gasteiger partial charge in [0.2, 0.25) is 0 Å². The number of hydrogen-bond acceptors (Lipinski definition) is 5. The highest BCUT2D eigenvalue weighted by molar-refractivity contribution is 5.99. The molecule has 0 saturated heterocycles. The van der Waals surface area contributed by atoms with Gasteiger partial charge in [0.05, 0.1) is 5.69 Å². The lowest BCUT2D eigenvalue weighted by Crippen LogP contribution is -2.31. The Kier molecular flexibility index (Phi) is 4.84. The number of carbonyl (C=O) groups is 1. The lowest BCUT2D eigenvalue weighted by molar-refractivity contribution is 0.262. The molecule has 0 radical (unpaired) electrons. The van der Waals surface area contributed by atoms with Crippen molar-refractivity contribution in [3.63, 3.8) is 0 Å². The number of hydrogen-bond donors (Lipinski definition) is 4. The first kappa shape index (κ1) is 17.8. The van der Waals surface area contributed by atoms with Gasteiger partial charge in [0.25, 0.3) is 0 Å². The molecule has 7 nitrogen and oxygen atoms in total. The summed E-state index contributed by atoms with van der Waals surface area (Å²) >= 11 is 0. The van der Waals surface area contributed by atoms with Crippen LogP contribution >= 0.6 is 0 Å². The normalized spacial score (nSPS) is 14.9. The van der Waals surface area contributed by atoms with Crippen LogP contribution < -0.4 is 32.0 Å². The fourth-order valence-electron chi connectivity index (χ4n) is 3.07. The molecule has 1 aliphatic heterocycles. The highest BCUT2D eigenvalue weighted by Gasteiger charge is 2.29. The van der Waals surface area contributed by atoms with Crippen molar-refractivity contribution < 1.29 is 9.63 Å². The topological polar surface area (TPSA) is 106 Å². The number of nitrogens with one attached hydrogen (secondary N) is 2. The lowest BCUT2D eigenvalue weighted by Gasteiger charge is -2.21. The highest BCUT2D eigenvalue weighted by Crippen LogP contribution is 2.37. The average Bonchev–Trinajstić information content (AvgIpc) is 3.05. The van der Waals surface area contributed by atoms with Crippen LogP contribution in [0, 0.1) is 0 Å². The first-order chi connectivity index (χ1) is 13.6.